The van der Waals surface area contributed by atoms with Gasteiger partial charge >= 0.3 is 169 Å². The molecule has 0 radical (unpaired) electrons. The summed E-state index contributed by atoms with van der Waals surface area (Å²) >= 11 is -6.32. The molecule has 3 atom stereocenters. The van der Waals surface area contributed by atoms with E-state index in [0.717, 1.165) is 0 Å². The molecule has 0 heterocycles. The maximum absolute atomic E-state index is 6.28. The average molecular weight is 502 g/mol. The molecule has 0 rings (SSSR count). The van der Waals surface area contributed by atoms with E-state index in [4.69, 9.17) is 26.3 Å². The van der Waals surface area contributed by atoms with Crippen LogP contribution in [0, 0.1) is 17.8 Å². The Morgan fingerprint density at radius 3 is 1.42 bits per heavy atom. The molecule has 0 aliphatic heterocycles. The van der Waals surface area contributed by atoms with E-state index >= 15 is 0 Å². The third-order valence-corrected chi connectivity index (χ3v) is 13.8. The van der Waals surface area contributed by atoms with E-state index < -0.39 is 35.6 Å². The fourth-order valence-electron chi connectivity index (χ4n) is 3.04. The molecule has 0 aliphatic carbocycles. The summed E-state index contributed by atoms with van der Waals surface area (Å²) in [6, 6.07) is 0. The molecule has 0 bridgehead atoms. The molecule has 0 spiro atoms. The summed E-state index contributed by atoms with van der Waals surface area (Å²) in [6.45, 7) is 14.9. The van der Waals surface area contributed by atoms with E-state index in [9.17, 15) is 0 Å². The first-order valence-electron chi connectivity index (χ1n) is 8.95. The molecule has 26 heavy (non-hydrogen) atoms. The third kappa shape index (κ3) is 7.00. The Labute approximate surface area is 169 Å². The van der Waals surface area contributed by atoms with Crippen LogP contribution in [0.15, 0.2) is 0 Å². The van der Waals surface area contributed by atoms with Crippen LogP contribution in [-0.2, 0) is 26.3 Å². The van der Waals surface area contributed by atoms with Crippen molar-refractivity contribution in [3.8, 4) is 0 Å². The second-order valence-corrected chi connectivity index (χ2v) is 16.5. The first-order chi connectivity index (χ1) is 11.9. The van der Waals surface area contributed by atoms with E-state index in [0.29, 0.717) is 5.92 Å². The summed E-state index contributed by atoms with van der Waals surface area (Å²) in [5, 5.41) is 0. The van der Waals surface area contributed by atoms with E-state index in [1.807, 2.05) is 0 Å². The van der Waals surface area contributed by atoms with Crippen LogP contribution in [0.25, 0.3) is 0 Å². The van der Waals surface area contributed by atoms with Gasteiger partial charge in [-0.15, -0.1) is 0 Å². The molecular formula is C17H40Ge2O7. The molecule has 0 aromatic heterocycles. The van der Waals surface area contributed by atoms with Crippen LogP contribution in [-0.4, -0.2) is 76.7 Å². The van der Waals surface area contributed by atoms with Crippen molar-refractivity contribution in [2.45, 2.75) is 59.7 Å². The standard InChI is InChI=1S/C17H40Ge2O7/c1-13(14(2)16(4,5)25-18(20-8)21-9)15(3)17(6,7)26-19(22-10,23-11)24-12/h13-15,18H,1-12H3. The van der Waals surface area contributed by atoms with Gasteiger partial charge in [0.05, 0.1) is 0 Å². The molecule has 0 aromatic rings. The van der Waals surface area contributed by atoms with Crippen LogP contribution < -0.4 is 0 Å². The van der Waals surface area contributed by atoms with E-state index in [1.54, 1.807) is 35.5 Å². The van der Waals surface area contributed by atoms with Crippen LogP contribution in [0.5, 0.6) is 0 Å². The Morgan fingerprint density at radius 2 is 1.08 bits per heavy atom. The van der Waals surface area contributed by atoms with Crippen LogP contribution >= 0.6 is 0 Å². The summed E-state index contributed by atoms with van der Waals surface area (Å²) in [7, 11) is 7.99. The van der Waals surface area contributed by atoms with Gasteiger partial charge in [0.1, 0.15) is 0 Å². The van der Waals surface area contributed by atoms with Gasteiger partial charge < -0.3 is 0 Å². The molecule has 0 saturated heterocycles. The zero-order chi connectivity index (χ0) is 20.8. The van der Waals surface area contributed by atoms with Gasteiger partial charge in [0.15, 0.2) is 0 Å². The minimum absolute atomic E-state index is 0.196. The predicted octanol–water partition coefficient (Wildman–Crippen LogP) is 2.87. The SMILES string of the molecule is C[O][GeH]([O]C)[O]C(C)(C)C(C)C(C)C(C)C(C)(C)[O][Ge]([O]C)([O]C)[O]C. The molecule has 0 fully saturated rings. The van der Waals surface area contributed by atoms with Crippen LogP contribution in [0.4, 0.5) is 0 Å². The van der Waals surface area contributed by atoms with Crippen molar-refractivity contribution >= 4 is 30.0 Å². The van der Waals surface area contributed by atoms with Crippen molar-refractivity contribution in [1.29, 1.82) is 0 Å². The van der Waals surface area contributed by atoms with Gasteiger partial charge in [-0.3, -0.25) is 0 Å². The number of hydrogen-bond donors (Lipinski definition) is 0. The number of rotatable bonds is 13. The molecule has 0 N–H and O–H groups in total. The Kier molecular flexibility index (Phi) is 11.5. The van der Waals surface area contributed by atoms with Crippen LogP contribution in [0.3, 0.4) is 0 Å². The van der Waals surface area contributed by atoms with Gasteiger partial charge in [-0.1, -0.05) is 0 Å². The van der Waals surface area contributed by atoms with Gasteiger partial charge in [0, 0.05) is 0 Å². The quantitative estimate of drug-likeness (QED) is 0.360. The van der Waals surface area contributed by atoms with Crippen LogP contribution in [0.1, 0.15) is 48.5 Å². The molecule has 0 saturated carbocycles. The predicted molar refractivity (Wildman–Crippen MR) is 106 cm³/mol. The monoisotopic (exact) mass is 504 g/mol. The van der Waals surface area contributed by atoms with Gasteiger partial charge in [0.2, 0.25) is 0 Å². The Bertz CT molecular complexity index is 390. The summed E-state index contributed by atoms with van der Waals surface area (Å²) < 4.78 is 39.7. The summed E-state index contributed by atoms with van der Waals surface area (Å²) in [5.41, 5.74) is -0.863. The second-order valence-electron chi connectivity index (χ2n) is 7.74. The molecule has 9 heteroatoms. The number of hydrogen-bond acceptors (Lipinski definition) is 7. The maximum atomic E-state index is 6.28. The van der Waals surface area contributed by atoms with E-state index in [2.05, 4.69) is 48.5 Å². The van der Waals surface area contributed by atoms with Crippen molar-refractivity contribution in [2.75, 3.05) is 35.5 Å². The summed E-state index contributed by atoms with van der Waals surface area (Å²) in [6.07, 6.45) is 0. The van der Waals surface area contributed by atoms with Crippen molar-refractivity contribution in [3.05, 3.63) is 0 Å². The first kappa shape index (κ1) is 26.8. The van der Waals surface area contributed by atoms with E-state index in [1.165, 1.54) is 0 Å². The zero-order valence-corrected chi connectivity index (χ0v) is 23.2. The summed E-state index contributed by atoms with van der Waals surface area (Å²) in [4.78, 5) is 0. The van der Waals surface area contributed by atoms with Crippen molar-refractivity contribution in [1.82, 2.24) is 0 Å². The molecule has 0 amide bonds. The fraction of sp³-hybridized carbons (Fsp3) is 1.00. The summed E-state index contributed by atoms with van der Waals surface area (Å²) in [5.74, 6) is 0.734. The minimum atomic E-state index is -3.71. The van der Waals surface area contributed by atoms with E-state index in [-0.39, 0.29) is 17.4 Å². The van der Waals surface area contributed by atoms with Gasteiger partial charge in [0.25, 0.3) is 0 Å². The normalized spacial score (nSPS) is 17.4. The molecular weight excluding hydrogens is 461 g/mol. The molecule has 158 valence electrons. The Balaban J connectivity index is 5.29. The first-order valence-corrected chi connectivity index (χ1v) is 15.3. The van der Waals surface area contributed by atoms with Crippen molar-refractivity contribution in [2.24, 2.45) is 17.8 Å². The fourth-order valence-corrected chi connectivity index (χ4v) is 8.65. The molecule has 0 aliphatic rings. The Hall–Kier alpha value is 0.806. The van der Waals surface area contributed by atoms with Gasteiger partial charge in [-0.05, 0) is 0 Å². The average Bonchev–Trinajstić information content (AvgIpc) is 2.62. The van der Waals surface area contributed by atoms with Gasteiger partial charge in [-0.25, -0.2) is 0 Å². The Morgan fingerprint density at radius 1 is 0.692 bits per heavy atom. The zero-order valence-electron chi connectivity index (χ0n) is 18.7. The topological polar surface area (TPSA) is 64.6 Å². The van der Waals surface area contributed by atoms with Crippen molar-refractivity contribution < 1.29 is 26.3 Å². The van der Waals surface area contributed by atoms with Gasteiger partial charge in [-0.2, -0.15) is 0 Å². The molecule has 7 nitrogen and oxygen atoms in total. The van der Waals surface area contributed by atoms with Crippen molar-refractivity contribution in [3.63, 3.8) is 0 Å². The molecule has 0 aromatic carbocycles. The van der Waals surface area contributed by atoms with Crippen LogP contribution in [0.2, 0.25) is 0 Å². The second kappa shape index (κ2) is 11.1. The third-order valence-electron chi connectivity index (χ3n) is 5.69. The molecule has 3 unspecified atom stereocenters.